The number of halogens is 2. The molecular weight excluding hydrogens is 366 g/mol. The molecule has 0 atom stereocenters. The number of rotatable bonds is 4. The maximum absolute atomic E-state index is 13.4. The van der Waals surface area contributed by atoms with E-state index in [4.69, 9.17) is 0 Å². The van der Waals surface area contributed by atoms with Gasteiger partial charge < -0.3 is 0 Å². The summed E-state index contributed by atoms with van der Waals surface area (Å²) in [7, 11) is 0. The Morgan fingerprint density at radius 3 is 2.88 bits per heavy atom. The summed E-state index contributed by atoms with van der Waals surface area (Å²) in [4.78, 5) is 21.5. The highest BCUT2D eigenvalue weighted by Gasteiger charge is 2.18. The van der Waals surface area contributed by atoms with Crippen molar-refractivity contribution in [3.05, 3.63) is 57.5 Å². The third-order valence-corrected chi connectivity index (χ3v) is 5.67. The van der Waals surface area contributed by atoms with Crippen molar-refractivity contribution in [1.82, 2.24) is 18.9 Å². The van der Waals surface area contributed by atoms with Crippen LogP contribution in [-0.4, -0.2) is 18.9 Å². The van der Waals surface area contributed by atoms with Crippen molar-refractivity contribution in [2.75, 3.05) is 0 Å². The van der Waals surface area contributed by atoms with Crippen molar-refractivity contribution in [1.29, 1.82) is 0 Å². The molecule has 9 heteroatoms. The van der Waals surface area contributed by atoms with Crippen LogP contribution in [0.4, 0.5) is 8.78 Å². The quantitative estimate of drug-likeness (QED) is 0.502. The van der Waals surface area contributed by atoms with E-state index < -0.39 is 6.55 Å². The number of aromatic nitrogens is 4. The van der Waals surface area contributed by atoms with E-state index in [2.05, 4.69) is 9.97 Å². The second-order valence-corrected chi connectivity index (χ2v) is 7.18. The summed E-state index contributed by atoms with van der Waals surface area (Å²) >= 11 is 2.52. The van der Waals surface area contributed by atoms with E-state index >= 15 is 0 Å². The van der Waals surface area contributed by atoms with E-state index in [0.717, 1.165) is 22.0 Å². The van der Waals surface area contributed by atoms with Crippen LogP contribution >= 0.6 is 23.1 Å². The minimum Gasteiger partial charge on any atom is -0.269 e. The van der Waals surface area contributed by atoms with Gasteiger partial charge in [-0.15, -0.1) is 11.3 Å². The minimum absolute atomic E-state index is 0.165. The maximum Gasteiger partial charge on any atom is 0.321 e. The standard InChI is InChI=1S/C16H12F2N4OS2/c1-9-7-24-15-19-10(6-13(23)21(9)15)8-25-16-20-11-4-2-3-5-12(11)22(16)14(17)18/h2-7,14H,8H2,1H3. The van der Waals surface area contributed by atoms with Gasteiger partial charge in [0.05, 0.1) is 16.7 Å². The summed E-state index contributed by atoms with van der Waals surface area (Å²) in [5.74, 6) is 0.290. The van der Waals surface area contributed by atoms with Crippen LogP contribution in [0.25, 0.3) is 16.0 Å². The number of alkyl halides is 2. The van der Waals surface area contributed by atoms with Crippen molar-refractivity contribution in [3.8, 4) is 0 Å². The molecule has 4 aromatic rings. The molecule has 3 aromatic heterocycles. The zero-order valence-electron chi connectivity index (χ0n) is 13.0. The van der Waals surface area contributed by atoms with Crippen LogP contribution in [-0.2, 0) is 5.75 Å². The number of para-hydroxylation sites is 2. The number of hydrogen-bond donors (Lipinski definition) is 0. The summed E-state index contributed by atoms with van der Waals surface area (Å²) < 4.78 is 29.3. The van der Waals surface area contributed by atoms with Crippen LogP contribution < -0.4 is 5.56 Å². The molecule has 0 aliphatic carbocycles. The summed E-state index contributed by atoms with van der Waals surface area (Å²) in [6, 6.07) is 8.21. The Hall–Kier alpha value is -2.26. The summed E-state index contributed by atoms with van der Waals surface area (Å²) in [6.07, 6.45) is 0. The summed E-state index contributed by atoms with van der Waals surface area (Å²) in [6.45, 7) is -0.845. The molecule has 0 spiro atoms. The molecule has 3 heterocycles. The first-order chi connectivity index (χ1) is 12.0. The lowest BCUT2D eigenvalue weighted by Gasteiger charge is -2.07. The van der Waals surface area contributed by atoms with Gasteiger partial charge in [-0.2, -0.15) is 8.78 Å². The Bertz CT molecular complexity index is 1130. The summed E-state index contributed by atoms with van der Waals surface area (Å²) in [5, 5.41) is 2.07. The predicted molar refractivity (Wildman–Crippen MR) is 94.6 cm³/mol. The Kier molecular flexibility index (Phi) is 4.04. The zero-order valence-corrected chi connectivity index (χ0v) is 14.7. The van der Waals surface area contributed by atoms with Gasteiger partial charge in [-0.3, -0.25) is 13.8 Å². The molecule has 0 fully saturated rings. The first-order valence-electron chi connectivity index (χ1n) is 7.39. The highest BCUT2D eigenvalue weighted by Crippen LogP contribution is 2.30. The fourth-order valence-corrected chi connectivity index (χ4v) is 4.42. The topological polar surface area (TPSA) is 52.2 Å². The molecule has 128 valence electrons. The second-order valence-electron chi connectivity index (χ2n) is 5.40. The molecule has 1 aromatic carbocycles. The second kappa shape index (κ2) is 6.23. The van der Waals surface area contributed by atoms with Gasteiger partial charge in [0, 0.05) is 22.9 Å². The number of thiazole rings is 1. The Morgan fingerprint density at radius 2 is 2.08 bits per heavy atom. The van der Waals surface area contributed by atoms with E-state index in [-0.39, 0.29) is 10.7 Å². The third kappa shape index (κ3) is 2.83. The van der Waals surface area contributed by atoms with E-state index in [9.17, 15) is 13.6 Å². The SMILES string of the molecule is Cc1csc2nc(CSc3nc4ccccc4n3C(F)F)cc(=O)n12. The van der Waals surface area contributed by atoms with E-state index in [1.165, 1.54) is 21.8 Å². The van der Waals surface area contributed by atoms with Gasteiger partial charge in [-0.1, -0.05) is 23.9 Å². The van der Waals surface area contributed by atoms with Gasteiger partial charge in [0.2, 0.25) is 0 Å². The monoisotopic (exact) mass is 378 g/mol. The molecule has 0 aliphatic rings. The zero-order chi connectivity index (χ0) is 17.6. The Labute approximate surface area is 149 Å². The van der Waals surface area contributed by atoms with E-state index in [0.29, 0.717) is 27.4 Å². The van der Waals surface area contributed by atoms with Gasteiger partial charge in [0.25, 0.3) is 5.56 Å². The first kappa shape index (κ1) is 16.2. The van der Waals surface area contributed by atoms with Crippen molar-refractivity contribution >= 4 is 39.1 Å². The maximum atomic E-state index is 13.4. The molecule has 0 radical (unpaired) electrons. The molecule has 0 aliphatic heterocycles. The number of hydrogen-bond acceptors (Lipinski definition) is 5. The highest BCUT2D eigenvalue weighted by atomic mass is 32.2. The van der Waals surface area contributed by atoms with Gasteiger partial charge in [0.15, 0.2) is 10.1 Å². The van der Waals surface area contributed by atoms with Crippen LogP contribution in [0, 0.1) is 6.92 Å². The Balaban J connectivity index is 1.69. The van der Waals surface area contributed by atoms with Crippen LogP contribution in [0.1, 0.15) is 17.9 Å². The number of nitrogens with zero attached hydrogens (tertiary/aromatic N) is 4. The molecule has 0 unspecified atom stereocenters. The molecule has 0 saturated carbocycles. The number of aryl methyl sites for hydroxylation is 1. The average molecular weight is 378 g/mol. The smallest absolute Gasteiger partial charge is 0.269 e. The lowest BCUT2D eigenvalue weighted by molar-refractivity contribution is 0.0656. The van der Waals surface area contributed by atoms with Crippen LogP contribution in [0.15, 0.2) is 45.7 Å². The van der Waals surface area contributed by atoms with Gasteiger partial charge in [-0.25, -0.2) is 9.97 Å². The summed E-state index contributed by atoms with van der Waals surface area (Å²) in [5.41, 5.74) is 2.11. The van der Waals surface area contributed by atoms with Crippen LogP contribution in [0.2, 0.25) is 0 Å². The fourth-order valence-electron chi connectivity index (χ4n) is 2.63. The number of thioether (sulfide) groups is 1. The highest BCUT2D eigenvalue weighted by molar-refractivity contribution is 7.98. The number of imidazole rings is 1. The van der Waals surface area contributed by atoms with Gasteiger partial charge >= 0.3 is 6.55 Å². The lowest BCUT2D eigenvalue weighted by Crippen LogP contribution is -2.14. The molecule has 0 saturated heterocycles. The number of benzene rings is 1. The van der Waals surface area contributed by atoms with E-state index in [1.807, 2.05) is 12.3 Å². The van der Waals surface area contributed by atoms with Crippen LogP contribution in [0.5, 0.6) is 0 Å². The van der Waals surface area contributed by atoms with E-state index in [1.54, 1.807) is 24.3 Å². The van der Waals surface area contributed by atoms with Crippen molar-refractivity contribution < 1.29 is 8.78 Å². The molecule has 0 amide bonds. The molecule has 5 nitrogen and oxygen atoms in total. The molecular formula is C16H12F2N4OS2. The fraction of sp³-hybridized carbons (Fsp3) is 0.188. The molecule has 0 N–H and O–H groups in total. The van der Waals surface area contributed by atoms with Gasteiger partial charge in [-0.05, 0) is 19.1 Å². The Morgan fingerprint density at radius 1 is 1.28 bits per heavy atom. The third-order valence-electron chi connectivity index (χ3n) is 3.74. The molecule has 0 bridgehead atoms. The molecule has 4 rings (SSSR count). The average Bonchev–Trinajstić information content (AvgIpc) is 3.13. The molecule has 25 heavy (non-hydrogen) atoms. The largest absolute Gasteiger partial charge is 0.321 e. The first-order valence-corrected chi connectivity index (χ1v) is 9.26. The van der Waals surface area contributed by atoms with Gasteiger partial charge in [0.1, 0.15) is 0 Å². The normalized spacial score (nSPS) is 11.8. The van der Waals surface area contributed by atoms with Crippen molar-refractivity contribution in [2.24, 2.45) is 0 Å². The van der Waals surface area contributed by atoms with Crippen LogP contribution in [0.3, 0.4) is 0 Å². The van der Waals surface area contributed by atoms with Crippen molar-refractivity contribution in [2.45, 2.75) is 24.4 Å². The van der Waals surface area contributed by atoms with Crippen molar-refractivity contribution in [3.63, 3.8) is 0 Å². The predicted octanol–water partition coefficient (Wildman–Crippen LogP) is 4.10. The number of fused-ring (bicyclic) bond motifs is 2. The lowest BCUT2D eigenvalue weighted by atomic mass is 10.3. The minimum atomic E-state index is -2.68.